The minimum Gasteiger partial charge on any atom is -0.459 e. The minimum atomic E-state index is -1.00. The Hall–Kier alpha value is -2.24. The second-order valence-corrected chi connectivity index (χ2v) is 11.5. The predicted octanol–water partition coefficient (Wildman–Crippen LogP) is 2.05. The van der Waals surface area contributed by atoms with Gasteiger partial charge >= 0.3 is 23.9 Å². The van der Waals surface area contributed by atoms with Crippen LogP contribution in [0.3, 0.4) is 0 Å². The maximum atomic E-state index is 12.4. The minimum absolute atomic E-state index is 0.0108. The summed E-state index contributed by atoms with van der Waals surface area (Å²) in [5.41, 5.74) is -1.28. The van der Waals surface area contributed by atoms with Crippen LogP contribution in [0.25, 0.3) is 0 Å². The van der Waals surface area contributed by atoms with Crippen LogP contribution in [0.1, 0.15) is 69.2 Å². The van der Waals surface area contributed by atoms with Crippen LogP contribution in [0.4, 0.5) is 0 Å². The summed E-state index contributed by atoms with van der Waals surface area (Å²) < 4.78 is 27.5. The lowest BCUT2D eigenvalue weighted by Gasteiger charge is -2.43. The lowest BCUT2D eigenvalue weighted by molar-refractivity contribution is -0.265. The van der Waals surface area contributed by atoms with Crippen LogP contribution in [0.15, 0.2) is 0 Å². The Morgan fingerprint density at radius 1 is 0.811 bits per heavy atom. The molecule has 1 saturated heterocycles. The van der Waals surface area contributed by atoms with Gasteiger partial charge in [-0.3, -0.25) is 24.1 Å². The van der Waals surface area contributed by atoms with E-state index in [0.717, 1.165) is 0 Å². The summed E-state index contributed by atoms with van der Waals surface area (Å²) in [5, 5.41) is 3.29. The summed E-state index contributed by atoms with van der Waals surface area (Å²) in [7, 11) is 0. The lowest BCUT2D eigenvalue weighted by Crippen LogP contribution is -2.55. The average Bonchev–Trinajstić information content (AvgIpc) is 2.68. The largest absolute Gasteiger partial charge is 0.459 e. The number of carbonyl (C=O) groups is 4. The lowest BCUT2D eigenvalue weighted by atomic mass is 9.83. The van der Waals surface area contributed by atoms with E-state index in [9.17, 15) is 19.2 Å². The Bertz CT molecular complexity index is 758. The predicted molar refractivity (Wildman–Crippen MR) is 135 cm³/mol. The van der Waals surface area contributed by atoms with Crippen LogP contribution in [0.5, 0.6) is 0 Å². The topological polar surface area (TPSA) is 130 Å². The van der Waals surface area contributed by atoms with E-state index >= 15 is 0 Å². The molecule has 1 fully saturated rings. The fraction of sp³-hybridized carbons (Fsp3) is 0.846. The quantitative estimate of drug-likeness (QED) is 0.239. The van der Waals surface area contributed by atoms with Crippen molar-refractivity contribution in [1.29, 1.82) is 0 Å². The third-order valence-electron chi connectivity index (χ3n) is 5.59. The van der Waals surface area contributed by atoms with Gasteiger partial charge < -0.3 is 29.0 Å². The summed E-state index contributed by atoms with van der Waals surface area (Å²) in [6.45, 7) is 18.3. The first kappa shape index (κ1) is 32.8. The molecular weight excluding hydrogens is 484 g/mol. The molecular formula is C26H46N2O9. The molecule has 1 heterocycles. The molecule has 0 aromatic rings. The number of esters is 4. The molecule has 214 valence electrons. The molecule has 5 atom stereocenters. The van der Waals surface area contributed by atoms with Crippen molar-refractivity contribution in [1.82, 2.24) is 10.2 Å². The first-order chi connectivity index (χ1) is 16.9. The van der Waals surface area contributed by atoms with E-state index in [1.54, 1.807) is 46.4 Å². The van der Waals surface area contributed by atoms with Gasteiger partial charge in [0.1, 0.15) is 11.2 Å². The molecule has 37 heavy (non-hydrogen) atoms. The number of hydrogen-bond donors (Lipinski definition) is 1. The van der Waals surface area contributed by atoms with Gasteiger partial charge in [-0.1, -0.05) is 13.8 Å². The van der Waals surface area contributed by atoms with Crippen LogP contribution >= 0.6 is 0 Å². The number of nitrogens with one attached hydrogen (secondary N) is 1. The van der Waals surface area contributed by atoms with E-state index in [2.05, 4.69) is 5.32 Å². The summed E-state index contributed by atoms with van der Waals surface area (Å²) >= 11 is 0. The Morgan fingerprint density at radius 3 is 1.73 bits per heavy atom. The van der Waals surface area contributed by atoms with E-state index in [1.807, 2.05) is 13.8 Å². The summed E-state index contributed by atoms with van der Waals surface area (Å²) in [5.74, 6) is -2.01. The fourth-order valence-electron chi connectivity index (χ4n) is 3.91. The average molecular weight is 531 g/mol. The van der Waals surface area contributed by atoms with E-state index in [-0.39, 0.29) is 31.0 Å². The molecule has 1 aliphatic rings. The maximum Gasteiger partial charge on any atom is 0.320 e. The molecule has 0 saturated carbocycles. The highest BCUT2D eigenvalue weighted by Crippen LogP contribution is 2.33. The summed E-state index contributed by atoms with van der Waals surface area (Å²) in [6, 6.07) is 0. The van der Waals surface area contributed by atoms with Gasteiger partial charge in [0.15, 0.2) is 6.10 Å². The zero-order chi connectivity index (χ0) is 28.6. The summed E-state index contributed by atoms with van der Waals surface area (Å²) in [6.07, 6.45) is -2.03. The third kappa shape index (κ3) is 13.2. The number of rotatable bonds is 11. The van der Waals surface area contributed by atoms with Crippen LogP contribution < -0.4 is 5.32 Å². The van der Waals surface area contributed by atoms with Crippen molar-refractivity contribution in [3.8, 4) is 0 Å². The Morgan fingerprint density at radius 2 is 1.30 bits per heavy atom. The molecule has 0 spiro atoms. The van der Waals surface area contributed by atoms with Crippen LogP contribution in [-0.2, 0) is 42.9 Å². The van der Waals surface area contributed by atoms with Gasteiger partial charge in [-0.15, -0.1) is 0 Å². The van der Waals surface area contributed by atoms with Gasteiger partial charge in [-0.2, -0.15) is 0 Å². The molecule has 11 heteroatoms. The van der Waals surface area contributed by atoms with Crippen molar-refractivity contribution in [2.45, 2.75) is 98.9 Å². The van der Waals surface area contributed by atoms with Gasteiger partial charge in [0, 0.05) is 39.4 Å². The van der Waals surface area contributed by atoms with Crippen molar-refractivity contribution >= 4 is 23.9 Å². The van der Waals surface area contributed by atoms with Gasteiger partial charge in [-0.05, 0) is 47.5 Å². The first-order valence-corrected chi connectivity index (χ1v) is 12.7. The van der Waals surface area contributed by atoms with Crippen molar-refractivity contribution < 1.29 is 42.9 Å². The molecule has 0 bridgehead atoms. The summed E-state index contributed by atoms with van der Waals surface area (Å²) in [4.78, 5) is 49.6. The number of carbonyl (C=O) groups excluding carboxylic acids is 4. The SMILES string of the molecule is CC(=O)OC1OC(CNCCN(CC(=O)OC(C)(C)C)CC(=O)OC(C)(C)C)[C@H](C)[C@H](C)C1OC(C)=O. The van der Waals surface area contributed by atoms with Gasteiger partial charge in [0.25, 0.3) is 0 Å². The number of ether oxygens (including phenoxy) is 5. The second kappa shape index (κ2) is 14.1. The highest BCUT2D eigenvalue weighted by molar-refractivity contribution is 5.75. The molecule has 0 amide bonds. The number of nitrogens with zero attached hydrogens (tertiary/aromatic N) is 1. The second-order valence-electron chi connectivity index (χ2n) is 11.5. The van der Waals surface area contributed by atoms with Gasteiger partial charge in [0.05, 0.1) is 19.2 Å². The van der Waals surface area contributed by atoms with E-state index < -0.39 is 47.5 Å². The van der Waals surface area contributed by atoms with Crippen molar-refractivity contribution in [2.24, 2.45) is 11.8 Å². The fourth-order valence-corrected chi connectivity index (χ4v) is 3.91. The highest BCUT2D eigenvalue weighted by Gasteiger charge is 2.45. The highest BCUT2D eigenvalue weighted by atomic mass is 16.7. The molecule has 1 rings (SSSR count). The molecule has 1 aliphatic heterocycles. The molecule has 1 N–H and O–H groups in total. The third-order valence-corrected chi connectivity index (χ3v) is 5.59. The standard InChI is InChI=1S/C26H46N2O9/c1-16-17(2)23(33-18(3)29)24(34-19(4)30)35-20(16)13-27-11-12-28(14-21(31)36-25(5,6)7)15-22(32)37-26(8,9)10/h16-17,20,23-24,27H,11-15H2,1-10H3/t16-,17+,20?,23?,24?/m1/s1. The van der Waals surface area contributed by atoms with Crippen molar-refractivity contribution in [2.75, 3.05) is 32.7 Å². The molecule has 0 radical (unpaired) electrons. The van der Waals surface area contributed by atoms with Gasteiger partial charge in [-0.25, -0.2) is 0 Å². The molecule has 11 nitrogen and oxygen atoms in total. The Labute approximate surface area is 220 Å². The monoisotopic (exact) mass is 530 g/mol. The van der Waals surface area contributed by atoms with Crippen LogP contribution in [0, 0.1) is 11.8 Å². The molecule has 0 aliphatic carbocycles. The molecule has 0 aromatic heterocycles. The van der Waals surface area contributed by atoms with E-state index in [4.69, 9.17) is 23.7 Å². The normalized spacial score (nSPS) is 24.4. The van der Waals surface area contributed by atoms with E-state index in [1.165, 1.54) is 13.8 Å². The van der Waals surface area contributed by atoms with E-state index in [0.29, 0.717) is 19.6 Å². The first-order valence-electron chi connectivity index (χ1n) is 12.7. The van der Waals surface area contributed by atoms with Crippen molar-refractivity contribution in [3.05, 3.63) is 0 Å². The zero-order valence-electron chi connectivity index (χ0n) is 24.0. The maximum absolute atomic E-state index is 12.4. The van der Waals surface area contributed by atoms with Crippen LogP contribution in [0.2, 0.25) is 0 Å². The van der Waals surface area contributed by atoms with Crippen LogP contribution in [-0.4, -0.2) is 91.2 Å². The van der Waals surface area contributed by atoms with Gasteiger partial charge in [0.2, 0.25) is 6.29 Å². The Balaban J connectivity index is 2.76. The number of hydrogen-bond acceptors (Lipinski definition) is 11. The molecule has 3 unspecified atom stereocenters. The zero-order valence-corrected chi connectivity index (χ0v) is 24.0. The Kier molecular flexibility index (Phi) is 12.5. The molecule has 0 aromatic carbocycles. The smallest absolute Gasteiger partial charge is 0.320 e. The van der Waals surface area contributed by atoms with Crippen molar-refractivity contribution in [3.63, 3.8) is 0 Å².